The number of allylic oxidation sites excluding steroid dienone is 2. The highest BCUT2D eigenvalue weighted by molar-refractivity contribution is 5.44. The van der Waals surface area contributed by atoms with Crippen LogP contribution in [-0.4, -0.2) is 35.6 Å². The average molecular weight is 246 g/mol. The Morgan fingerprint density at radius 3 is 2.67 bits per heavy atom. The number of nitrogens with one attached hydrogen (secondary N) is 1. The van der Waals surface area contributed by atoms with Crippen LogP contribution in [0, 0.1) is 0 Å². The highest BCUT2D eigenvalue weighted by Crippen LogP contribution is 2.18. The van der Waals surface area contributed by atoms with E-state index in [1.54, 1.807) is 4.90 Å². The molecule has 0 fully saturated rings. The molecule has 1 aliphatic carbocycles. The molecule has 2 rings (SSSR count). The first kappa shape index (κ1) is 12.3. The fraction of sp³-hybridized carbons (Fsp3) is 0.417. The lowest BCUT2D eigenvalue weighted by atomic mass is 10.1. The Bertz CT molecular complexity index is 503. The summed E-state index contributed by atoms with van der Waals surface area (Å²) in [6.07, 6.45) is 5.40. The van der Waals surface area contributed by atoms with Crippen LogP contribution in [0.3, 0.4) is 0 Å². The van der Waals surface area contributed by atoms with E-state index in [9.17, 15) is 0 Å². The Balaban J connectivity index is 2.07. The van der Waals surface area contributed by atoms with Crippen molar-refractivity contribution in [2.45, 2.75) is 13.3 Å². The first-order chi connectivity index (χ1) is 8.56. The van der Waals surface area contributed by atoms with Crippen LogP contribution in [-0.2, 0) is 0 Å². The summed E-state index contributed by atoms with van der Waals surface area (Å²) in [5.74, 6) is 1.29. The van der Waals surface area contributed by atoms with Gasteiger partial charge in [-0.25, -0.2) is 0 Å². The Morgan fingerprint density at radius 1 is 1.28 bits per heavy atom. The van der Waals surface area contributed by atoms with Crippen molar-refractivity contribution in [3.8, 4) is 0 Å². The van der Waals surface area contributed by atoms with Crippen molar-refractivity contribution in [1.29, 1.82) is 0 Å². The molecule has 1 heterocycles. The second-order valence-corrected chi connectivity index (χ2v) is 4.42. The molecule has 3 N–H and O–H groups in total. The minimum Gasteiger partial charge on any atom is -0.368 e. The zero-order chi connectivity index (χ0) is 13.1. The summed E-state index contributed by atoms with van der Waals surface area (Å²) in [5, 5.41) is 3.18. The number of aromatic nitrogens is 3. The van der Waals surface area contributed by atoms with Crippen LogP contribution in [0.5, 0.6) is 0 Å². The van der Waals surface area contributed by atoms with Crippen LogP contribution in [0.4, 0.5) is 17.8 Å². The quantitative estimate of drug-likeness (QED) is 0.831. The Labute approximate surface area is 107 Å². The second kappa shape index (κ2) is 5.03. The molecule has 0 amide bonds. The van der Waals surface area contributed by atoms with Gasteiger partial charge in [0, 0.05) is 20.6 Å². The number of nitrogens with zero attached hydrogens (tertiary/aromatic N) is 4. The van der Waals surface area contributed by atoms with Crippen LogP contribution in [0.15, 0.2) is 23.3 Å². The summed E-state index contributed by atoms with van der Waals surface area (Å²) in [7, 11) is 3.73. The topological polar surface area (TPSA) is 80.0 Å². The fourth-order valence-electron chi connectivity index (χ4n) is 1.72. The molecule has 0 saturated carbocycles. The third kappa shape index (κ3) is 2.77. The zero-order valence-electron chi connectivity index (χ0n) is 10.9. The lowest BCUT2D eigenvalue weighted by Crippen LogP contribution is -2.17. The molecule has 1 aromatic rings. The number of hydrogen-bond acceptors (Lipinski definition) is 6. The maximum absolute atomic E-state index is 5.65. The molecule has 96 valence electrons. The zero-order valence-corrected chi connectivity index (χ0v) is 10.9. The molecule has 0 radical (unpaired) electrons. The van der Waals surface area contributed by atoms with Crippen molar-refractivity contribution in [1.82, 2.24) is 15.0 Å². The highest BCUT2D eigenvalue weighted by Gasteiger charge is 2.08. The van der Waals surface area contributed by atoms with Gasteiger partial charge in [0.2, 0.25) is 17.8 Å². The molecule has 0 atom stereocenters. The van der Waals surface area contributed by atoms with Gasteiger partial charge in [-0.3, -0.25) is 0 Å². The molecule has 18 heavy (non-hydrogen) atoms. The van der Waals surface area contributed by atoms with Gasteiger partial charge in [0.1, 0.15) is 0 Å². The van der Waals surface area contributed by atoms with Crippen molar-refractivity contribution < 1.29 is 0 Å². The second-order valence-electron chi connectivity index (χ2n) is 4.42. The molecule has 0 unspecified atom stereocenters. The third-order valence-corrected chi connectivity index (χ3v) is 2.77. The standard InChI is InChI=1S/C12H18N6/c1-8-5-4-6-9(8)7-14-11-15-10(13)16-12(17-11)18(2)3/h5-6H,4,7H2,1-3H3,(H3,13,14,15,16,17). The van der Waals surface area contributed by atoms with Crippen molar-refractivity contribution in [2.75, 3.05) is 36.6 Å². The number of nitrogens with two attached hydrogens (primary N) is 1. The Hall–Kier alpha value is -2.11. The van der Waals surface area contributed by atoms with Crippen molar-refractivity contribution in [2.24, 2.45) is 0 Å². The Morgan fingerprint density at radius 2 is 2.06 bits per heavy atom. The van der Waals surface area contributed by atoms with Gasteiger partial charge in [-0.05, 0) is 18.9 Å². The third-order valence-electron chi connectivity index (χ3n) is 2.77. The largest absolute Gasteiger partial charge is 0.368 e. The van der Waals surface area contributed by atoms with E-state index in [-0.39, 0.29) is 5.95 Å². The van der Waals surface area contributed by atoms with E-state index < -0.39 is 0 Å². The van der Waals surface area contributed by atoms with Crippen LogP contribution in [0.2, 0.25) is 0 Å². The molecule has 0 bridgehead atoms. The SMILES string of the molecule is CC1=CCC=C1CNc1nc(N)nc(N(C)C)n1. The number of anilines is 3. The minimum atomic E-state index is 0.226. The maximum Gasteiger partial charge on any atom is 0.231 e. The van der Waals surface area contributed by atoms with E-state index in [1.165, 1.54) is 11.1 Å². The van der Waals surface area contributed by atoms with Crippen LogP contribution < -0.4 is 16.0 Å². The summed E-state index contributed by atoms with van der Waals surface area (Å²) in [4.78, 5) is 14.2. The van der Waals surface area contributed by atoms with Crippen LogP contribution in [0.25, 0.3) is 0 Å². The van der Waals surface area contributed by atoms with Gasteiger partial charge in [0.15, 0.2) is 0 Å². The van der Waals surface area contributed by atoms with Crippen LogP contribution >= 0.6 is 0 Å². The number of rotatable bonds is 4. The monoisotopic (exact) mass is 246 g/mol. The lowest BCUT2D eigenvalue weighted by molar-refractivity contribution is 0.959. The van der Waals surface area contributed by atoms with Crippen LogP contribution in [0.1, 0.15) is 13.3 Å². The first-order valence-corrected chi connectivity index (χ1v) is 5.85. The summed E-state index contributed by atoms with van der Waals surface area (Å²) in [6, 6.07) is 0. The molecule has 6 heteroatoms. The summed E-state index contributed by atoms with van der Waals surface area (Å²) >= 11 is 0. The van der Waals surface area contributed by atoms with Crippen molar-refractivity contribution in [3.05, 3.63) is 23.3 Å². The predicted octanol–water partition coefficient (Wildman–Crippen LogP) is 1.21. The summed E-state index contributed by atoms with van der Waals surface area (Å²) < 4.78 is 0. The molecule has 6 nitrogen and oxygen atoms in total. The number of hydrogen-bond donors (Lipinski definition) is 2. The molecule has 0 spiro atoms. The van der Waals surface area contributed by atoms with E-state index in [0.29, 0.717) is 18.4 Å². The van der Waals surface area contributed by atoms with E-state index >= 15 is 0 Å². The normalized spacial score (nSPS) is 14.2. The number of nitrogen functional groups attached to an aromatic ring is 1. The van der Waals surface area contributed by atoms with Gasteiger partial charge in [0.05, 0.1) is 0 Å². The molecule has 1 aromatic heterocycles. The van der Waals surface area contributed by atoms with Gasteiger partial charge in [0.25, 0.3) is 0 Å². The average Bonchev–Trinajstić information content (AvgIpc) is 2.71. The molecular formula is C12H18N6. The molecular weight excluding hydrogens is 228 g/mol. The molecule has 0 saturated heterocycles. The van der Waals surface area contributed by atoms with Crippen molar-refractivity contribution >= 4 is 17.8 Å². The molecule has 0 aliphatic heterocycles. The van der Waals surface area contributed by atoms with E-state index in [4.69, 9.17) is 5.73 Å². The predicted molar refractivity (Wildman–Crippen MR) is 73.5 cm³/mol. The van der Waals surface area contributed by atoms with Gasteiger partial charge in [-0.1, -0.05) is 17.7 Å². The minimum absolute atomic E-state index is 0.226. The molecule has 0 aromatic carbocycles. The maximum atomic E-state index is 5.65. The van der Waals surface area contributed by atoms with Gasteiger partial charge < -0.3 is 16.0 Å². The fourth-order valence-corrected chi connectivity index (χ4v) is 1.72. The van der Waals surface area contributed by atoms with E-state index in [1.807, 2.05) is 14.1 Å². The summed E-state index contributed by atoms with van der Waals surface area (Å²) in [5.41, 5.74) is 8.23. The highest BCUT2D eigenvalue weighted by atomic mass is 15.3. The molecule has 1 aliphatic rings. The van der Waals surface area contributed by atoms with Gasteiger partial charge >= 0.3 is 0 Å². The lowest BCUT2D eigenvalue weighted by Gasteiger charge is -2.12. The van der Waals surface area contributed by atoms with Gasteiger partial charge in [-0.15, -0.1) is 0 Å². The Kier molecular flexibility index (Phi) is 3.45. The summed E-state index contributed by atoms with van der Waals surface area (Å²) in [6.45, 7) is 2.81. The van der Waals surface area contributed by atoms with E-state index in [0.717, 1.165) is 6.42 Å². The van der Waals surface area contributed by atoms with E-state index in [2.05, 4.69) is 39.3 Å². The first-order valence-electron chi connectivity index (χ1n) is 5.85. The van der Waals surface area contributed by atoms with Crippen molar-refractivity contribution in [3.63, 3.8) is 0 Å². The van der Waals surface area contributed by atoms with Gasteiger partial charge in [-0.2, -0.15) is 15.0 Å². The smallest absolute Gasteiger partial charge is 0.231 e.